The minimum absolute atomic E-state index is 0.0554. The van der Waals surface area contributed by atoms with Crippen molar-refractivity contribution < 1.29 is 26.4 Å². The van der Waals surface area contributed by atoms with Crippen LogP contribution in [0.4, 0.5) is 18.9 Å². The van der Waals surface area contributed by atoms with Crippen molar-refractivity contribution in [1.29, 1.82) is 0 Å². The van der Waals surface area contributed by atoms with Gasteiger partial charge in [-0.05, 0) is 44.4 Å². The molecule has 0 spiro atoms. The van der Waals surface area contributed by atoms with E-state index >= 15 is 0 Å². The second-order valence-electron chi connectivity index (χ2n) is 8.33. The highest BCUT2D eigenvalue weighted by Crippen LogP contribution is 2.41. The number of hydrogen-bond donors (Lipinski definition) is 1. The van der Waals surface area contributed by atoms with Crippen LogP contribution in [0.15, 0.2) is 18.2 Å². The Morgan fingerprint density at radius 2 is 1.91 bits per heavy atom. The molecule has 5 rings (SSSR count). The second-order valence-corrected chi connectivity index (χ2v) is 10.6. The van der Waals surface area contributed by atoms with Crippen molar-refractivity contribution in [3.05, 3.63) is 52.6 Å². The van der Waals surface area contributed by atoms with Gasteiger partial charge >= 0.3 is 0 Å². The summed E-state index contributed by atoms with van der Waals surface area (Å²) >= 11 is 0. The van der Waals surface area contributed by atoms with Gasteiger partial charge in [-0.25, -0.2) is 31.3 Å². The zero-order valence-corrected chi connectivity index (χ0v) is 17.8. The first-order valence-corrected chi connectivity index (χ1v) is 12.0. The van der Waals surface area contributed by atoms with E-state index in [4.69, 9.17) is 0 Å². The maximum atomic E-state index is 14.1. The fourth-order valence-electron chi connectivity index (χ4n) is 4.13. The lowest BCUT2D eigenvalue weighted by molar-refractivity contribution is 0.102. The summed E-state index contributed by atoms with van der Waals surface area (Å²) in [5.74, 6) is -5.06. The third-order valence-corrected chi connectivity index (χ3v) is 7.68. The van der Waals surface area contributed by atoms with E-state index in [1.807, 2.05) is 0 Å². The molecule has 0 bridgehead atoms. The molecule has 1 aliphatic heterocycles. The van der Waals surface area contributed by atoms with Crippen molar-refractivity contribution in [2.24, 2.45) is 0 Å². The fourth-order valence-corrected chi connectivity index (χ4v) is 5.83. The van der Waals surface area contributed by atoms with E-state index in [1.165, 1.54) is 0 Å². The van der Waals surface area contributed by atoms with Crippen molar-refractivity contribution in [2.75, 3.05) is 16.8 Å². The molecule has 1 atom stereocenters. The molecule has 32 heavy (non-hydrogen) atoms. The van der Waals surface area contributed by atoms with Gasteiger partial charge in [0.1, 0.15) is 0 Å². The Kier molecular flexibility index (Phi) is 4.77. The van der Waals surface area contributed by atoms with Gasteiger partial charge in [-0.2, -0.15) is 5.10 Å². The number of anilines is 1. The highest BCUT2D eigenvalue weighted by molar-refractivity contribution is 7.91. The fraction of sp³-hybridized carbons (Fsp3) is 0.381. The SMILES string of the molecule is Cc1nn(C2CCS(=O)(=O)C2)c2nc(C3CC3)cc(C(=O)Nc3ccc(F)c(F)c3F)c12. The number of amides is 1. The molecule has 0 radical (unpaired) electrons. The lowest BCUT2D eigenvalue weighted by atomic mass is 10.1. The van der Waals surface area contributed by atoms with Crippen molar-refractivity contribution >= 4 is 32.5 Å². The highest BCUT2D eigenvalue weighted by atomic mass is 32.2. The van der Waals surface area contributed by atoms with Crippen LogP contribution < -0.4 is 5.32 Å². The number of hydrogen-bond acceptors (Lipinski definition) is 5. The third kappa shape index (κ3) is 3.54. The zero-order valence-electron chi connectivity index (χ0n) is 17.0. The molecule has 2 aromatic heterocycles. The third-order valence-electron chi connectivity index (χ3n) is 5.93. The Balaban J connectivity index is 1.61. The Hall–Kier alpha value is -2.95. The molecule has 3 heterocycles. The summed E-state index contributed by atoms with van der Waals surface area (Å²) in [5.41, 5.74) is 1.21. The van der Waals surface area contributed by atoms with Crippen LogP contribution >= 0.6 is 0 Å². The van der Waals surface area contributed by atoms with Gasteiger partial charge in [0.15, 0.2) is 32.9 Å². The summed E-state index contributed by atoms with van der Waals surface area (Å²) in [5, 5.41) is 7.20. The molecule has 1 aromatic carbocycles. The maximum Gasteiger partial charge on any atom is 0.256 e. The second kappa shape index (κ2) is 7.29. The number of sulfone groups is 1. The number of aromatic nitrogens is 3. The summed E-state index contributed by atoms with van der Waals surface area (Å²) in [6.07, 6.45) is 2.21. The minimum Gasteiger partial charge on any atom is -0.319 e. The topological polar surface area (TPSA) is 93.9 Å². The van der Waals surface area contributed by atoms with E-state index in [2.05, 4.69) is 15.4 Å². The van der Waals surface area contributed by atoms with E-state index in [0.29, 0.717) is 28.8 Å². The van der Waals surface area contributed by atoms with Crippen LogP contribution in [0.5, 0.6) is 0 Å². The summed E-state index contributed by atoms with van der Waals surface area (Å²) in [7, 11) is -3.17. The van der Waals surface area contributed by atoms with Crippen molar-refractivity contribution in [2.45, 2.75) is 38.1 Å². The number of halogens is 3. The van der Waals surface area contributed by atoms with Gasteiger partial charge in [0.25, 0.3) is 5.91 Å². The molecular weight excluding hydrogens is 445 g/mol. The quantitative estimate of drug-likeness (QED) is 0.595. The van der Waals surface area contributed by atoms with E-state index in [-0.39, 0.29) is 23.0 Å². The van der Waals surface area contributed by atoms with Crippen LogP contribution in [-0.2, 0) is 9.84 Å². The van der Waals surface area contributed by atoms with Crippen molar-refractivity contribution in [3.63, 3.8) is 0 Å². The summed E-state index contributed by atoms with van der Waals surface area (Å²) in [6, 6.07) is 2.90. The van der Waals surface area contributed by atoms with Gasteiger partial charge in [0.2, 0.25) is 0 Å². The van der Waals surface area contributed by atoms with Crippen LogP contribution in [-0.4, -0.2) is 40.6 Å². The smallest absolute Gasteiger partial charge is 0.256 e. The van der Waals surface area contributed by atoms with E-state index in [0.717, 1.165) is 25.0 Å². The Labute approximate surface area is 181 Å². The average Bonchev–Trinajstić information content (AvgIpc) is 3.47. The molecule has 1 unspecified atom stereocenters. The molecule has 168 valence electrons. The van der Waals surface area contributed by atoms with Crippen LogP contribution in [0.25, 0.3) is 11.0 Å². The molecule has 1 saturated heterocycles. The number of carbonyl (C=O) groups excluding carboxylic acids is 1. The molecule has 1 amide bonds. The largest absolute Gasteiger partial charge is 0.319 e. The predicted octanol–water partition coefficient (Wildman–Crippen LogP) is 3.65. The Morgan fingerprint density at radius 3 is 2.56 bits per heavy atom. The van der Waals surface area contributed by atoms with Crippen molar-refractivity contribution in [3.8, 4) is 0 Å². The van der Waals surface area contributed by atoms with E-state index in [9.17, 15) is 26.4 Å². The van der Waals surface area contributed by atoms with Crippen LogP contribution in [0.1, 0.15) is 53.0 Å². The number of aryl methyl sites for hydroxylation is 1. The number of pyridine rings is 1. The number of benzene rings is 1. The van der Waals surface area contributed by atoms with Gasteiger partial charge in [0, 0.05) is 11.6 Å². The average molecular weight is 464 g/mol. The molecule has 1 N–H and O–H groups in total. The molecule has 2 fully saturated rings. The van der Waals surface area contributed by atoms with Gasteiger partial charge in [0.05, 0.1) is 39.9 Å². The minimum atomic E-state index is -3.17. The van der Waals surface area contributed by atoms with Crippen LogP contribution in [0.3, 0.4) is 0 Å². The number of nitrogens with one attached hydrogen (secondary N) is 1. The Morgan fingerprint density at radius 1 is 1.16 bits per heavy atom. The normalized spacial score (nSPS) is 20.1. The summed E-state index contributed by atoms with van der Waals surface area (Å²) in [4.78, 5) is 17.8. The molecule has 2 aliphatic rings. The number of fused-ring (bicyclic) bond motifs is 1. The van der Waals surface area contributed by atoms with Gasteiger partial charge in [-0.15, -0.1) is 0 Å². The first kappa shape index (κ1) is 20.9. The maximum absolute atomic E-state index is 14.1. The highest BCUT2D eigenvalue weighted by Gasteiger charge is 2.34. The molecule has 1 saturated carbocycles. The number of carbonyl (C=O) groups is 1. The molecule has 11 heteroatoms. The Bertz CT molecular complexity index is 1380. The number of rotatable bonds is 4. The van der Waals surface area contributed by atoms with Gasteiger partial charge in [-0.1, -0.05) is 0 Å². The van der Waals surface area contributed by atoms with Crippen molar-refractivity contribution in [1.82, 2.24) is 14.8 Å². The predicted molar refractivity (Wildman–Crippen MR) is 111 cm³/mol. The first-order valence-electron chi connectivity index (χ1n) is 10.2. The molecular formula is C21H19F3N4O3S. The lowest BCUT2D eigenvalue weighted by Crippen LogP contribution is -2.16. The molecule has 7 nitrogen and oxygen atoms in total. The monoisotopic (exact) mass is 464 g/mol. The molecule has 3 aromatic rings. The summed E-state index contributed by atoms with van der Waals surface area (Å²) in [6.45, 7) is 1.68. The van der Waals surface area contributed by atoms with E-state index in [1.54, 1.807) is 17.7 Å². The number of nitrogens with zero attached hydrogens (tertiary/aromatic N) is 3. The standard InChI is InChI=1S/C21H19F3N4O3S/c1-10-17-13(21(29)26-15-5-4-14(22)18(23)19(15)24)8-16(11-2-3-11)25-20(17)28(27-10)12-6-7-32(30,31)9-12/h4-5,8,11-12H,2-3,6-7,9H2,1H3,(H,26,29). The molecule has 1 aliphatic carbocycles. The van der Waals surface area contributed by atoms with Gasteiger partial charge < -0.3 is 5.32 Å². The summed E-state index contributed by atoms with van der Waals surface area (Å²) < 4.78 is 66.5. The van der Waals surface area contributed by atoms with E-state index < -0.39 is 44.9 Å². The van der Waals surface area contributed by atoms with Gasteiger partial charge in [-0.3, -0.25) is 4.79 Å². The zero-order chi connectivity index (χ0) is 22.8. The van der Waals surface area contributed by atoms with Crippen LogP contribution in [0, 0.1) is 24.4 Å². The van der Waals surface area contributed by atoms with Crippen LogP contribution in [0.2, 0.25) is 0 Å². The lowest BCUT2D eigenvalue weighted by Gasteiger charge is -2.12. The first-order chi connectivity index (χ1) is 15.1.